The second-order valence-corrected chi connectivity index (χ2v) is 3.91. The van der Waals surface area contributed by atoms with E-state index in [1.165, 1.54) is 12.1 Å². The molecular weight excluding hydrogens is 330 g/mol. The van der Waals surface area contributed by atoms with E-state index in [-0.39, 0.29) is 0 Å². The van der Waals surface area contributed by atoms with Gasteiger partial charge in [-0.3, -0.25) is 0 Å². The van der Waals surface area contributed by atoms with Gasteiger partial charge in [-0.1, -0.05) is 28.1 Å². The summed E-state index contributed by atoms with van der Waals surface area (Å²) < 4.78 is 77.4. The first-order valence-corrected chi connectivity index (χ1v) is 5.71. The third kappa shape index (κ3) is 3.79. The molecule has 1 atom stereocenters. The van der Waals surface area contributed by atoms with Crippen LogP contribution in [0.25, 0.3) is 0 Å². The van der Waals surface area contributed by atoms with Crippen molar-refractivity contribution in [1.82, 2.24) is 0 Å². The average Bonchev–Trinajstić information content (AvgIpc) is 2.27. The first kappa shape index (κ1) is 15.1. The molecule has 0 spiro atoms. The van der Waals surface area contributed by atoms with Crippen LogP contribution >= 0.6 is 15.9 Å². The van der Waals surface area contributed by atoms with E-state index < -0.39 is 24.2 Å². The van der Waals surface area contributed by atoms with Gasteiger partial charge in [0.1, 0.15) is 5.75 Å². The first-order valence-electron chi connectivity index (χ1n) is 4.59. The molecule has 0 amide bonds. The molecule has 1 rings (SSSR count). The highest BCUT2D eigenvalue weighted by Gasteiger charge is 2.59. The Morgan fingerprint density at radius 3 is 1.94 bits per heavy atom. The standard InChI is InChI=1S/C10H7BrF6O/c11-5-6-1-3-7(4-2-6)18-10(16,17)8(12)9(13,14)15/h1-4,8H,5H2. The second-order valence-electron chi connectivity index (χ2n) is 3.35. The highest BCUT2D eigenvalue weighted by Crippen LogP contribution is 2.36. The van der Waals surface area contributed by atoms with Crippen molar-refractivity contribution in [2.75, 3.05) is 0 Å². The summed E-state index contributed by atoms with van der Waals surface area (Å²) in [4.78, 5) is 0. The van der Waals surface area contributed by atoms with Crippen LogP contribution in [0.15, 0.2) is 24.3 Å². The van der Waals surface area contributed by atoms with Gasteiger partial charge in [-0.2, -0.15) is 22.0 Å². The Balaban J connectivity index is 2.81. The van der Waals surface area contributed by atoms with E-state index in [0.717, 1.165) is 12.1 Å². The molecule has 0 aliphatic rings. The Kier molecular flexibility index (Phi) is 4.52. The SMILES string of the molecule is FC(C(F)(F)F)C(F)(F)Oc1ccc(CBr)cc1. The molecule has 0 heterocycles. The summed E-state index contributed by atoms with van der Waals surface area (Å²) in [5, 5.41) is 0.442. The van der Waals surface area contributed by atoms with Gasteiger partial charge in [0.05, 0.1) is 0 Å². The topological polar surface area (TPSA) is 9.23 Å². The fourth-order valence-corrected chi connectivity index (χ4v) is 1.42. The summed E-state index contributed by atoms with van der Waals surface area (Å²) in [5.74, 6) is -0.545. The molecule has 0 saturated carbocycles. The lowest BCUT2D eigenvalue weighted by atomic mass is 10.2. The van der Waals surface area contributed by atoms with Crippen LogP contribution in [0.3, 0.4) is 0 Å². The fourth-order valence-electron chi connectivity index (χ4n) is 1.05. The van der Waals surface area contributed by atoms with Crippen LogP contribution in [0.1, 0.15) is 5.56 Å². The minimum absolute atomic E-state index is 0.442. The van der Waals surface area contributed by atoms with Gasteiger partial charge < -0.3 is 4.74 Å². The molecule has 0 aliphatic carbocycles. The highest BCUT2D eigenvalue weighted by molar-refractivity contribution is 9.08. The number of halogens is 7. The van der Waals surface area contributed by atoms with Gasteiger partial charge in [-0.15, -0.1) is 0 Å². The van der Waals surface area contributed by atoms with E-state index in [2.05, 4.69) is 20.7 Å². The van der Waals surface area contributed by atoms with Crippen molar-refractivity contribution in [2.24, 2.45) is 0 Å². The molecular formula is C10H7BrF6O. The Labute approximate surface area is 107 Å². The summed E-state index contributed by atoms with van der Waals surface area (Å²) in [6.45, 7) is 0. The van der Waals surface area contributed by atoms with Crippen molar-refractivity contribution in [3.8, 4) is 5.75 Å². The summed E-state index contributed by atoms with van der Waals surface area (Å²) >= 11 is 3.10. The number of rotatable bonds is 4. The zero-order valence-corrected chi connectivity index (χ0v) is 10.2. The zero-order chi connectivity index (χ0) is 14.0. The van der Waals surface area contributed by atoms with Gasteiger partial charge in [-0.25, -0.2) is 4.39 Å². The third-order valence-corrected chi connectivity index (χ3v) is 2.56. The maximum atomic E-state index is 12.9. The van der Waals surface area contributed by atoms with E-state index in [1.807, 2.05) is 0 Å². The quantitative estimate of drug-likeness (QED) is 0.583. The maximum Gasteiger partial charge on any atom is 0.439 e. The van der Waals surface area contributed by atoms with Crippen LogP contribution in [0, 0.1) is 0 Å². The number of alkyl halides is 7. The summed E-state index contributed by atoms with van der Waals surface area (Å²) in [6.07, 6.45) is -15.0. The van der Waals surface area contributed by atoms with Crippen LogP contribution in [0.4, 0.5) is 26.3 Å². The van der Waals surface area contributed by atoms with Crippen molar-refractivity contribution in [2.45, 2.75) is 23.8 Å². The van der Waals surface area contributed by atoms with Crippen LogP contribution in [-0.2, 0) is 5.33 Å². The molecule has 0 fully saturated rings. The van der Waals surface area contributed by atoms with Gasteiger partial charge in [0.25, 0.3) is 6.17 Å². The van der Waals surface area contributed by atoms with E-state index in [0.29, 0.717) is 10.9 Å². The Morgan fingerprint density at radius 1 is 1.06 bits per heavy atom. The third-order valence-electron chi connectivity index (χ3n) is 1.91. The smallest absolute Gasteiger partial charge is 0.430 e. The Hall–Kier alpha value is -0.920. The Morgan fingerprint density at radius 2 is 1.56 bits per heavy atom. The number of benzene rings is 1. The normalized spacial score (nSPS) is 14.4. The van der Waals surface area contributed by atoms with E-state index in [1.54, 1.807) is 0 Å². The summed E-state index contributed by atoms with van der Waals surface area (Å²) in [5.41, 5.74) is 0.707. The van der Waals surface area contributed by atoms with Crippen molar-refractivity contribution < 1.29 is 31.1 Å². The van der Waals surface area contributed by atoms with Crippen molar-refractivity contribution >= 4 is 15.9 Å². The molecule has 1 nitrogen and oxygen atoms in total. The van der Waals surface area contributed by atoms with Crippen LogP contribution in [-0.4, -0.2) is 18.5 Å². The molecule has 18 heavy (non-hydrogen) atoms. The molecule has 0 radical (unpaired) electrons. The molecule has 0 aliphatic heterocycles. The minimum atomic E-state index is -5.68. The predicted octanol–water partition coefficient (Wildman–Crippen LogP) is 4.45. The zero-order valence-electron chi connectivity index (χ0n) is 8.65. The van der Waals surface area contributed by atoms with Gasteiger partial charge in [0.15, 0.2) is 0 Å². The van der Waals surface area contributed by atoms with Gasteiger partial charge in [0, 0.05) is 5.33 Å². The van der Waals surface area contributed by atoms with Gasteiger partial charge in [0.2, 0.25) is 0 Å². The van der Waals surface area contributed by atoms with Crippen LogP contribution in [0.2, 0.25) is 0 Å². The van der Waals surface area contributed by atoms with Crippen molar-refractivity contribution in [3.05, 3.63) is 29.8 Å². The van der Waals surface area contributed by atoms with Crippen LogP contribution < -0.4 is 4.74 Å². The summed E-state index contributed by atoms with van der Waals surface area (Å²) in [7, 11) is 0. The molecule has 102 valence electrons. The molecule has 0 aromatic heterocycles. The lowest BCUT2D eigenvalue weighted by Gasteiger charge is -2.23. The largest absolute Gasteiger partial charge is 0.439 e. The Bertz CT molecular complexity index is 388. The lowest BCUT2D eigenvalue weighted by Crippen LogP contribution is -2.45. The maximum absolute atomic E-state index is 12.9. The molecule has 0 saturated heterocycles. The van der Waals surface area contributed by atoms with E-state index in [4.69, 9.17) is 0 Å². The van der Waals surface area contributed by atoms with E-state index in [9.17, 15) is 26.3 Å². The van der Waals surface area contributed by atoms with E-state index >= 15 is 0 Å². The predicted molar refractivity (Wildman–Crippen MR) is 55.6 cm³/mol. The van der Waals surface area contributed by atoms with Crippen LogP contribution in [0.5, 0.6) is 5.75 Å². The van der Waals surface area contributed by atoms with Gasteiger partial charge in [-0.05, 0) is 17.7 Å². The summed E-state index contributed by atoms with van der Waals surface area (Å²) in [6, 6.07) is 4.79. The van der Waals surface area contributed by atoms with Gasteiger partial charge >= 0.3 is 12.3 Å². The highest BCUT2D eigenvalue weighted by atomic mass is 79.9. The molecule has 0 N–H and O–H groups in total. The molecule has 1 aromatic carbocycles. The number of ether oxygens (including phenoxy) is 1. The monoisotopic (exact) mass is 336 g/mol. The average molecular weight is 337 g/mol. The number of hydrogen-bond acceptors (Lipinski definition) is 1. The molecule has 1 unspecified atom stereocenters. The lowest BCUT2D eigenvalue weighted by molar-refractivity contribution is -0.304. The molecule has 8 heteroatoms. The molecule has 1 aromatic rings. The van der Waals surface area contributed by atoms with Crippen molar-refractivity contribution in [3.63, 3.8) is 0 Å². The minimum Gasteiger partial charge on any atom is -0.430 e. The first-order chi connectivity index (χ1) is 8.16. The number of hydrogen-bond donors (Lipinski definition) is 0. The molecule has 0 bridgehead atoms. The second kappa shape index (κ2) is 5.38. The van der Waals surface area contributed by atoms with Crippen molar-refractivity contribution in [1.29, 1.82) is 0 Å². The fraction of sp³-hybridized carbons (Fsp3) is 0.400.